The zero-order valence-electron chi connectivity index (χ0n) is 10.9. The minimum absolute atomic E-state index is 0.150. The highest BCUT2D eigenvalue weighted by atomic mass is 19.1. The summed E-state index contributed by atoms with van der Waals surface area (Å²) in [5.41, 5.74) is 1.96. The summed E-state index contributed by atoms with van der Waals surface area (Å²) in [6.07, 6.45) is 0.150. The summed E-state index contributed by atoms with van der Waals surface area (Å²) in [6.45, 7) is 1.63. The zero-order chi connectivity index (χ0) is 14.3. The second kappa shape index (κ2) is 4.56. The molecular formula is C16H12FNO2. The van der Waals surface area contributed by atoms with Gasteiger partial charge in [0.15, 0.2) is 0 Å². The summed E-state index contributed by atoms with van der Waals surface area (Å²) in [6, 6.07) is 11.4. The summed E-state index contributed by atoms with van der Waals surface area (Å²) in [5, 5.41) is 0. The fourth-order valence-electron chi connectivity index (χ4n) is 2.34. The predicted molar refractivity (Wildman–Crippen MR) is 73.1 cm³/mol. The standard InChI is InChI=1S/C16H12FNO2/c1-10-6-7-12(9-14(10)17)18-15(19)8-11-4-2-3-5-13(11)16(18)20/h2-7,9H,8H2,1H3. The third kappa shape index (κ3) is 1.90. The third-order valence-corrected chi connectivity index (χ3v) is 3.46. The fraction of sp³-hybridized carbons (Fsp3) is 0.125. The third-order valence-electron chi connectivity index (χ3n) is 3.46. The Hall–Kier alpha value is -2.49. The number of rotatable bonds is 1. The summed E-state index contributed by atoms with van der Waals surface area (Å²) in [5.74, 6) is -1.17. The number of carbonyl (C=O) groups excluding carboxylic acids is 2. The molecule has 0 radical (unpaired) electrons. The van der Waals surface area contributed by atoms with Crippen molar-refractivity contribution < 1.29 is 14.0 Å². The number of benzene rings is 2. The van der Waals surface area contributed by atoms with Crippen LogP contribution >= 0.6 is 0 Å². The van der Waals surface area contributed by atoms with Crippen LogP contribution in [0.5, 0.6) is 0 Å². The molecule has 0 saturated carbocycles. The van der Waals surface area contributed by atoms with E-state index in [1.54, 1.807) is 43.3 Å². The van der Waals surface area contributed by atoms with Gasteiger partial charge in [0, 0.05) is 5.56 Å². The minimum atomic E-state index is -0.429. The van der Waals surface area contributed by atoms with Crippen molar-refractivity contribution in [1.29, 1.82) is 0 Å². The van der Waals surface area contributed by atoms with E-state index in [2.05, 4.69) is 0 Å². The van der Waals surface area contributed by atoms with Crippen molar-refractivity contribution in [3.8, 4) is 0 Å². The highest BCUT2D eigenvalue weighted by molar-refractivity contribution is 6.24. The van der Waals surface area contributed by atoms with Crippen LogP contribution < -0.4 is 4.90 Å². The lowest BCUT2D eigenvalue weighted by molar-refractivity contribution is -0.117. The average Bonchev–Trinajstić information content (AvgIpc) is 2.43. The van der Waals surface area contributed by atoms with Gasteiger partial charge in [-0.05, 0) is 36.2 Å². The van der Waals surface area contributed by atoms with Gasteiger partial charge >= 0.3 is 0 Å². The van der Waals surface area contributed by atoms with Gasteiger partial charge < -0.3 is 0 Å². The molecule has 20 heavy (non-hydrogen) atoms. The molecule has 0 bridgehead atoms. The van der Waals surface area contributed by atoms with Crippen molar-refractivity contribution in [1.82, 2.24) is 0 Å². The number of fused-ring (bicyclic) bond motifs is 1. The molecule has 0 unspecified atom stereocenters. The van der Waals surface area contributed by atoms with Gasteiger partial charge in [-0.15, -0.1) is 0 Å². The molecule has 2 aromatic rings. The highest BCUT2D eigenvalue weighted by Gasteiger charge is 2.31. The van der Waals surface area contributed by atoms with E-state index in [9.17, 15) is 14.0 Å². The van der Waals surface area contributed by atoms with Gasteiger partial charge in [0.05, 0.1) is 12.1 Å². The van der Waals surface area contributed by atoms with Gasteiger partial charge in [0.25, 0.3) is 5.91 Å². The van der Waals surface area contributed by atoms with Crippen LogP contribution in [-0.2, 0) is 11.2 Å². The molecule has 0 atom stereocenters. The normalized spacial score (nSPS) is 14.4. The smallest absolute Gasteiger partial charge is 0.265 e. The van der Waals surface area contributed by atoms with Gasteiger partial charge in [-0.3, -0.25) is 9.59 Å². The molecule has 3 rings (SSSR count). The lowest BCUT2D eigenvalue weighted by atomic mass is 9.98. The molecule has 0 fully saturated rings. The number of hydrogen-bond acceptors (Lipinski definition) is 2. The van der Waals surface area contributed by atoms with E-state index in [-0.39, 0.29) is 18.0 Å². The molecule has 2 aromatic carbocycles. The van der Waals surface area contributed by atoms with Crippen LogP contribution in [0.2, 0.25) is 0 Å². The van der Waals surface area contributed by atoms with Crippen LogP contribution in [-0.4, -0.2) is 11.8 Å². The van der Waals surface area contributed by atoms with Gasteiger partial charge in [-0.2, -0.15) is 0 Å². The highest BCUT2D eigenvalue weighted by Crippen LogP contribution is 2.26. The summed E-state index contributed by atoms with van der Waals surface area (Å²) < 4.78 is 13.6. The van der Waals surface area contributed by atoms with Crippen LogP contribution in [0.3, 0.4) is 0 Å². The molecule has 0 spiro atoms. The first-order valence-electron chi connectivity index (χ1n) is 6.29. The molecule has 1 aliphatic rings. The maximum Gasteiger partial charge on any atom is 0.265 e. The zero-order valence-corrected chi connectivity index (χ0v) is 10.9. The second-order valence-electron chi connectivity index (χ2n) is 4.80. The van der Waals surface area contributed by atoms with E-state index >= 15 is 0 Å². The van der Waals surface area contributed by atoms with Crippen molar-refractivity contribution >= 4 is 17.5 Å². The number of aryl methyl sites for hydroxylation is 1. The number of halogens is 1. The Balaban J connectivity index is 2.08. The predicted octanol–water partition coefficient (Wildman–Crippen LogP) is 2.86. The Labute approximate surface area is 115 Å². The van der Waals surface area contributed by atoms with E-state index in [1.807, 2.05) is 0 Å². The van der Waals surface area contributed by atoms with Crippen LogP contribution in [0, 0.1) is 12.7 Å². The molecule has 1 aliphatic heterocycles. The molecule has 3 nitrogen and oxygen atoms in total. The summed E-state index contributed by atoms with van der Waals surface area (Å²) >= 11 is 0. The van der Waals surface area contributed by atoms with Crippen LogP contribution in [0.15, 0.2) is 42.5 Å². The van der Waals surface area contributed by atoms with Gasteiger partial charge in [-0.1, -0.05) is 24.3 Å². The number of imide groups is 1. The summed E-state index contributed by atoms with van der Waals surface area (Å²) in [7, 11) is 0. The second-order valence-corrected chi connectivity index (χ2v) is 4.80. The first-order valence-corrected chi connectivity index (χ1v) is 6.29. The molecule has 1 heterocycles. The van der Waals surface area contributed by atoms with Crippen molar-refractivity contribution in [3.63, 3.8) is 0 Å². The first-order chi connectivity index (χ1) is 9.58. The van der Waals surface area contributed by atoms with E-state index in [1.165, 1.54) is 6.07 Å². The number of carbonyl (C=O) groups is 2. The van der Waals surface area contributed by atoms with E-state index in [0.29, 0.717) is 16.7 Å². The number of hydrogen-bond donors (Lipinski definition) is 0. The number of nitrogens with zero attached hydrogens (tertiary/aromatic N) is 1. The summed E-state index contributed by atoms with van der Waals surface area (Å²) in [4.78, 5) is 25.6. The van der Waals surface area contributed by atoms with Crippen LogP contribution in [0.1, 0.15) is 21.5 Å². The van der Waals surface area contributed by atoms with E-state index < -0.39 is 11.7 Å². The molecule has 0 aliphatic carbocycles. The first kappa shape index (κ1) is 12.5. The van der Waals surface area contributed by atoms with Crippen molar-refractivity contribution in [2.24, 2.45) is 0 Å². The lowest BCUT2D eigenvalue weighted by Gasteiger charge is -2.26. The quantitative estimate of drug-likeness (QED) is 0.746. The van der Waals surface area contributed by atoms with Crippen molar-refractivity contribution in [2.45, 2.75) is 13.3 Å². The van der Waals surface area contributed by atoms with Gasteiger partial charge in [0.2, 0.25) is 5.91 Å². The Morgan fingerprint density at radius 1 is 1.10 bits per heavy atom. The van der Waals surface area contributed by atoms with Gasteiger partial charge in [0.1, 0.15) is 5.82 Å². The molecule has 100 valence electrons. The SMILES string of the molecule is Cc1ccc(N2C(=O)Cc3ccccc3C2=O)cc1F. The number of amides is 2. The Bertz CT molecular complexity index is 724. The van der Waals surface area contributed by atoms with Crippen molar-refractivity contribution in [3.05, 3.63) is 65.0 Å². The molecule has 4 heteroatoms. The van der Waals surface area contributed by atoms with Crippen molar-refractivity contribution in [2.75, 3.05) is 4.90 Å². The Morgan fingerprint density at radius 2 is 1.85 bits per heavy atom. The van der Waals surface area contributed by atoms with E-state index in [0.717, 1.165) is 4.90 Å². The Morgan fingerprint density at radius 3 is 2.60 bits per heavy atom. The molecule has 0 N–H and O–H groups in total. The largest absolute Gasteiger partial charge is 0.274 e. The van der Waals surface area contributed by atoms with Crippen LogP contribution in [0.4, 0.5) is 10.1 Å². The monoisotopic (exact) mass is 269 g/mol. The van der Waals surface area contributed by atoms with E-state index in [4.69, 9.17) is 0 Å². The average molecular weight is 269 g/mol. The molecule has 2 amide bonds. The maximum atomic E-state index is 13.6. The van der Waals surface area contributed by atoms with Gasteiger partial charge in [-0.25, -0.2) is 9.29 Å². The minimum Gasteiger partial charge on any atom is -0.274 e. The molecule has 0 saturated heterocycles. The molecular weight excluding hydrogens is 257 g/mol. The number of anilines is 1. The lowest BCUT2D eigenvalue weighted by Crippen LogP contribution is -2.42. The maximum absolute atomic E-state index is 13.6. The molecule has 0 aromatic heterocycles. The van der Waals surface area contributed by atoms with Crippen LogP contribution in [0.25, 0.3) is 0 Å². The topological polar surface area (TPSA) is 37.4 Å². The Kier molecular flexibility index (Phi) is 2.86. The fourth-order valence-corrected chi connectivity index (χ4v) is 2.34.